The molecule has 1 rings (SSSR count). The van der Waals surface area contributed by atoms with Crippen LogP contribution in [-0.4, -0.2) is 35.7 Å². The van der Waals surface area contributed by atoms with Crippen LogP contribution in [0.3, 0.4) is 0 Å². The van der Waals surface area contributed by atoms with E-state index >= 15 is 0 Å². The highest BCUT2D eigenvalue weighted by atomic mass is 16.7. The maximum atomic E-state index is 11.6. The van der Waals surface area contributed by atoms with Gasteiger partial charge in [0, 0.05) is 0 Å². The summed E-state index contributed by atoms with van der Waals surface area (Å²) in [5.41, 5.74) is -1.17. The van der Waals surface area contributed by atoms with Crippen molar-refractivity contribution in [1.82, 2.24) is 0 Å². The minimum atomic E-state index is -0.700. The molecule has 126 valence electrons. The maximum absolute atomic E-state index is 11.6. The molecule has 0 unspecified atom stereocenters. The van der Waals surface area contributed by atoms with E-state index in [9.17, 15) is 9.59 Å². The summed E-state index contributed by atoms with van der Waals surface area (Å²) in [6.45, 7) is 10.6. The van der Waals surface area contributed by atoms with E-state index in [1.807, 2.05) is 0 Å². The molecule has 0 bridgehead atoms. The van der Waals surface area contributed by atoms with Crippen LogP contribution in [0.15, 0.2) is 12.2 Å². The molecule has 22 heavy (non-hydrogen) atoms. The molecule has 0 aromatic rings. The Morgan fingerprint density at radius 3 is 1.32 bits per heavy atom. The van der Waals surface area contributed by atoms with Gasteiger partial charge in [-0.1, -0.05) is 0 Å². The zero-order chi connectivity index (χ0) is 17.0. The molecular weight excluding hydrogens is 288 g/mol. The number of hydrogen-bond donors (Lipinski definition) is 0. The van der Waals surface area contributed by atoms with E-state index in [1.54, 1.807) is 53.7 Å². The number of carbonyl (C=O) groups is 2. The summed E-state index contributed by atoms with van der Waals surface area (Å²) >= 11 is 0. The quantitative estimate of drug-likeness (QED) is 0.567. The van der Waals surface area contributed by atoms with Crippen LogP contribution in [0.25, 0.3) is 0 Å². The van der Waals surface area contributed by atoms with E-state index in [0.717, 1.165) is 0 Å². The second kappa shape index (κ2) is 7.03. The van der Waals surface area contributed by atoms with Gasteiger partial charge in [0.1, 0.15) is 23.4 Å². The van der Waals surface area contributed by atoms with Gasteiger partial charge in [-0.25, -0.2) is 9.59 Å². The normalized spacial score (nSPS) is 21.9. The lowest BCUT2D eigenvalue weighted by atomic mass is 10.0. The van der Waals surface area contributed by atoms with Crippen LogP contribution < -0.4 is 0 Å². The van der Waals surface area contributed by atoms with Gasteiger partial charge in [0.25, 0.3) is 0 Å². The Kier molecular flexibility index (Phi) is 5.85. The number of ether oxygens (including phenoxy) is 4. The SMILES string of the molecule is CC(C)(C)OC(=O)O[C@@H]1C=C[C@@H](OC(=O)OC(C)(C)C)CC1. The van der Waals surface area contributed by atoms with Gasteiger partial charge in [0.2, 0.25) is 0 Å². The average molecular weight is 314 g/mol. The summed E-state index contributed by atoms with van der Waals surface area (Å²) in [7, 11) is 0. The minimum absolute atomic E-state index is 0.367. The Balaban J connectivity index is 2.39. The van der Waals surface area contributed by atoms with Crippen LogP contribution in [0.1, 0.15) is 54.4 Å². The van der Waals surface area contributed by atoms with Crippen molar-refractivity contribution in [2.75, 3.05) is 0 Å². The molecule has 0 heterocycles. The van der Waals surface area contributed by atoms with Crippen molar-refractivity contribution >= 4 is 12.3 Å². The van der Waals surface area contributed by atoms with E-state index < -0.39 is 23.5 Å². The summed E-state index contributed by atoms with van der Waals surface area (Å²) in [5.74, 6) is 0. The van der Waals surface area contributed by atoms with Crippen molar-refractivity contribution in [3.8, 4) is 0 Å². The molecule has 0 radical (unpaired) electrons. The van der Waals surface area contributed by atoms with E-state index in [0.29, 0.717) is 12.8 Å². The Morgan fingerprint density at radius 2 is 1.09 bits per heavy atom. The summed E-state index contributed by atoms with van der Waals surface area (Å²) in [6, 6.07) is 0. The third-order valence-electron chi connectivity index (χ3n) is 2.55. The minimum Gasteiger partial charge on any atom is -0.429 e. The lowest BCUT2D eigenvalue weighted by Gasteiger charge is -2.26. The molecule has 1 aliphatic carbocycles. The highest BCUT2D eigenvalue weighted by Gasteiger charge is 2.26. The van der Waals surface area contributed by atoms with Crippen molar-refractivity contribution in [3.63, 3.8) is 0 Å². The maximum Gasteiger partial charge on any atom is 0.509 e. The van der Waals surface area contributed by atoms with Gasteiger partial charge in [-0.15, -0.1) is 0 Å². The fraction of sp³-hybridized carbons (Fsp3) is 0.750. The largest absolute Gasteiger partial charge is 0.509 e. The van der Waals surface area contributed by atoms with E-state index in [1.165, 1.54) is 0 Å². The van der Waals surface area contributed by atoms with Gasteiger partial charge in [0.15, 0.2) is 0 Å². The molecule has 0 fully saturated rings. The lowest BCUT2D eigenvalue weighted by molar-refractivity contribution is -0.0337. The Bertz CT molecular complexity index is 387. The molecule has 0 spiro atoms. The van der Waals surface area contributed by atoms with Crippen LogP contribution in [0.2, 0.25) is 0 Å². The second-order valence-corrected chi connectivity index (χ2v) is 7.20. The predicted molar refractivity (Wildman–Crippen MR) is 80.6 cm³/mol. The van der Waals surface area contributed by atoms with Gasteiger partial charge >= 0.3 is 12.3 Å². The van der Waals surface area contributed by atoms with Crippen molar-refractivity contribution in [2.24, 2.45) is 0 Å². The fourth-order valence-corrected chi connectivity index (χ4v) is 1.76. The zero-order valence-electron chi connectivity index (χ0n) is 14.2. The average Bonchev–Trinajstić information content (AvgIpc) is 2.26. The molecule has 6 nitrogen and oxygen atoms in total. The Hall–Kier alpha value is -1.72. The molecule has 0 aromatic carbocycles. The zero-order valence-corrected chi connectivity index (χ0v) is 14.2. The van der Waals surface area contributed by atoms with Crippen LogP contribution >= 0.6 is 0 Å². The van der Waals surface area contributed by atoms with Gasteiger partial charge in [-0.05, 0) is 66.5 Å². The topological polar surface area (TPSA) is 71.1 Å². The molecule has 0 saturated carbocycles. The molecule has 2 atom stereocenters. The predicted octanol–water partition coefficient (Wildman–Crippen LogP) is 3.98. The first kappa shape index (κ1) is 18.3. The van der Waals surface area contributed by atoms with Crippen molar-refractivity contribution in [2.45, 2.75) is 77.8 Å². The van der Waals surface area contributed by atoms with Crippen molar-refractivity contribution in [1.29, 1.82) is 0 Å². The van der Waals surface area contributed by atoms with Gasteiger partial charge < -0.3 is 18.9 Å². The molecule has 0 saturated heterocycles. The first-order valence-corrected chi connectivity index (χ1v) is 7.42. The van der Waals surface area contributed by atoms with Crippen LogP contribution in [0.4, 0.5) is 9.59 Å². The van der Waals surface area contributed by atoms with E-state index in [-0.39, 0.29) is 12.2 Å². The third kappa shape index (κ3) is 7.90. The van der Waals surface area contributed by atoms with E-state index in [4.69, 9.17) is 18.9 Å². The van der Waals surface area contributed by atoms with Crippen LogP contribution in [0, 0.1) is 0 Å². The molecule has 0 N–H and O–H groups in total. The fourth-order valence-electron chi connectivity index (χ4n) is 1.76. The smallest absolute Gasteiger partial charge is 0.429 e. The Labute approximate surface area is 131 Å². The standard InChI is InChI=1S/C16H26O6/c1-15(2,3)21-13(17)19-11-7-9-12(10-8-11)20-14(18)22-16(4,5)6/h7,9,11-12H,8,10H2,1-6H3/t11-,12-/m1/s1. The summed E-state index contributed by atoms with van der Waals surface area (Å²) in [6.07, 6.45) is 2.38. The van der Waals surface area contributed by atoms with Crippen LogP contribution in [-0.2, 0) is 18.9 Å². The number of rotatable bonds is 2. The first-order chi connectivity index (χ1) is 9.94. The third-order valence-corrected chi connectivity index (χ3v) is 2.55. The number of hydrogen-bond acceptors (Lipinski definition) is 6. The lowest BCUT2D eigenvalue weighted by Crippen LogP contribution is -2.31. The van der Waals surface area contributed by atoms with E-state index in [2.05, 4.69) is 0 Å². The molecule has 6 heteroatoms. The monoisotopic (exact) mass is 314 g/mol. The molecule has 0 amide bonds. The molecular formula is C16H26O6. The van der Waals surface area contributed by atoms with Crippen molar-refractivity contribution in [3.05, 3.63) is 12.2 Å². The summed E-state index contributed by atoms with van der Waals surface area (Å²) in [4.78, 5) is 23.1. The first-order valence-electron chi connectivity index (χ1n) is 7.42. The van der Waals surface area contributed by atoms with Gasteiger partial charge in [0.05, 0.1) is 0 Å². The second-order valence-electron chi connectivity index (χ2n) is 7.20. The summed E-state index contributed by atoms with van der Waals surface area (Å²) in [5, 5.41) is 0. The molecule has 0 aromatic heterocycles. The molecule has 0 aliphatic heterocycles. The highest BCUT2D eigenvalue weighted by molar-refractivity contribution is 5.61. The van der Waals surface area contributed by atoms with Crippen LogP contribution in [0.5, 0.6) is 0 Å². The van der Waals surface area contributed by atoms with Gasteiger partial charge in [-0.3, -0.25) is 0 Å². The molecule has 1 aliphatic rings. The van der Waals surface area contributed by atoms with Gasteiger partial charge in [-0.2, -0.15) is 0 Å². The van der Waals surface area contributed by atoms with Crippen molar-refractivity contribution < 1.29 is 28.5 Å². The Morgan fingerprint density at radius 1 is 0.773 bits per heavy atom. The number of carbonyl (C=O) groups excluding carboxylic acids is 2. The highest BCUT2D eigenvalue weighted by Crippen LogP contribution is 2.20. The summed E-state index contributed by atoms with van der Waals surface area (Å²) < 4.78 is 20.5.